The first kappa shape index (κ1) is 20.9. The van der Waals surface area contributed by atoms with Crippen LogP contribution in [0.2, 0.25) is 0 Å². The van der Waals surface area contributed by atoms with Crippen LogP contribution in [0.3, 0.4) is 0 Å². The Labute approximate surface area is 178 Å². The number of amides is 1. The maximum Gasteiger partial charge on any atom is 0.411 e. The number of anilines is 1. The molecule has 0 radical (unpaired) electrons. The van der Waals surface area contributed by atoms with Crippen LogP contribution in [0.5, 0.6) is 0 Å². The number of ether oxygens (including phenoxy) is 1. The summed E-state index contributed by atoms with van der Waals surface area (Å²) in [6.45, 7) is 2.03. The molecule has 2 aromatic rings. The number of benzene rings is 2. The molecule has 1 amide bonds. The summed E-state index contributed by atoms with van der Waals surface area (Å²) in [5, 5.41) is 3.00. The fourth-order valence-corrected chi connectivity index (χ4v) is 4.85. The Balaban J connectivity index is 0.00000225. The van der Waals surface area contributed by atoms with Gasteiger partial charge in [0.2, 0.25) is 0 Å². The van der Waals surface area contributed by atoms with E-state index in [1.54, 1.807) is 0 Å². The summed E-state index contributed by atoms with van der Waals surface area (Å²) in [5.41, 5.74) is 4.02. The average Bonchev–Trinajstić information content (AvgIpc) is 2.80. The smallest absolute Gasteiger partial charge is 0.411 e. The summed E-state index contributed by atoms with van der Waals surface area (Å²) < 4.78 is 6.92. The van der Waals surface area contributed by atoms with Gasteiger partial charge in [-0.15, -0.1) is 0 Å². The predicted octanol–water partition coefficient (Wildman–Crippen LogP) is 1.98. The summed E-state index contributed by atoms with van der Waals surface area (Å²) in [5.74, 6) is 0. The van der Waals surface area contributed by atoms with Gasteiger partial charge in [0.25, 0.3) is 0 Å². The molecule has 2 aliphatic rings. The van der Waals surface area contributed by atoms with Gasteiger partial charge in [-0.25, -0.2) is 4.79 Å². The van der Waals surface area contributed by atoms with Crippen LogP contribution in [0, 0.1) is 6.92 Å². The molecule has 2 aromatic carbocycles. The zero-order valence-corrected chi connectivity index (χ0v) is 18.4. The summed E-state index contributed by atoms with van der Waals surface area (Å²) in [7, 11) is 4.63. The van der Waals surface area contributed by atoms with Gasteiger partial charge in [0.15, 0.2) is 0 Å². The second-order valence-corrected chi connectivity index (χ2v) is 8.55. The van der Waals surface area contributed by atoms with E-state index in [2.05, 4.69) is 43.7 Å². The zero-order chi connectivity index (χ0) is 19.0. The second-order valence-electron chi connectivity index (χ2n) is 8.55. The topological polar surface area (TPSA) is 38.3 Å². The second kappa shape index (κ2) is 8.26. The number of carbonyl (C=O) groups excluding carboxylic acids is 1. The van der Waals surface area contributed by atoms with E-state index >= 15 is 0 Å². The van der Waals surface area contributed by atoms with Gasteiger partial charge in [-0.1, -0.05) is 42.5 Å². The van der Waals surface area contributed by atoms with Crippen LogP contribution in [-0.2, 0) is 4.74 Å². The molecule has 5 heteroatoms. The summed E-state index contributed by atoms with van der Waals surface area (Å²) >= 11 is 0. The van der Waals surface area contributed by atoms with Crippen molar-refractivity contribution in [3.8, 4) is 11.1 Å². The molecular formula is C23H29BrN2O2. The number of piperidine rings is 1. The Hall–Kier alpha value is -1.85. The fourth-order valence-electron chi connectivity index (χ4n) is 4.85. The molecule has 2 saturated heterocycles. The number of nitrogens with one attached hydrogen (secondary N) is 1. The van der Waals surface area contributed by atoms with E-state index in [0.29, 0.717) is 12.1 Å². The fraction of sp³-hybridized carbons (Fsp3) is 0.435. The highest BCUT2D eigenvalue weighted by atomic mass is 79.9. The van der Waals surface area contributed by atoms with Gasteiger partial charge in [0.1, 0.15) is 6.10 Å². The van der Waals surface area contributed by atoms with Crippen LogP contribution in [-0.4, -0.2) is 42.9 Å². The van der Waals surface area contributed by atoms with E-state index in [1.807, 2.05) is 31.2 Å². The van der Waals surface area contributed by atoms with Crippen LogP contribution < -0.4 is 22.3 Å². The maximum absolute atomic E-state index is 12.6. The van der Waals surface area contributed by atoms with Crippen molar-refractivity contribution in [2.75, 3.05) is 19.4 Å². The van der Waals surface area contributed by atoms with Gasteiger partial charge in [-0.2, -0.15) is 0 Å². The van der Waals surface area contributed by atoms with Crippen molar-refractivity contribution in [3.63, 3.8) is 0 Å². The van der Waals surface area contributed by atoms with Gasteiger partial charge >= 0.3 is 6.09 Å². The number of quaternary nitrogens is 1. The van der Waals surface area contributed by atoms with Crippen molar-refractivity contribution < 1.29 is 31.0 Å². The number of fused-ring (bicyclic) bond motifs is 2. The third-order valence-electron chi connectivity index (χ3n) is 6.56. The molecule has 2 bridgehead atoms. The molecule has 2 fully saturated rings. The summed E-state index contributed by atoms with van der Waals surface area (Å²) in [4.78, 5) is 12.6. The number of halogens is 1. The molecule has 4 rings (SSSR count). The van der Waals surface area contributed by atoms with Crippen molar-refractivity contribution in [2.45, 2.75) is 50.8 Å². The predicted molar refractivity (Wildman–Crippen MR) is 109 cm³/mol. The number of rotatable bonds is 3. The summed E-state index contributed by atoms with van der Waals surface area (Å²) in [6.07, 6.45) is 4.12. The first-order valence-electron chi connectivity index (χ1n) is 9.90. The average molecular weight is 445 g/mol. The molecule has 0 saturated carbocycles. The molecule has 3 atom stereocenters. The minimum absolute atomic E-state index is 0. The van der Waals surface area contributed by atoms with E-state index in [1.165, 1.54) is 12.8 Å². The first-order chi connectivity index (χ1) is 12.9. The van der Waals surface area contributed by atoms with E-state index in [0.717, 1.165) is 39.7 Å². The van der Waals surface area contributed by atoms with Gasteiger partial charge in [-0.05, 0) is 24.1 Å². The summed E-state index contributed by atoms with van der Waals surface area (Å²) in [6, 6.07) is 17.5. The lowest BCUT2D eigenvalue weighted by atomic mass is 9.98. The highest BCUT2D eigenvalue weighted by molar-refractivity contribution is 5.91. The molecule has 0 unspecified atom stereocenters. The van der Waals surface area contributed by atoms with Crippen molar-refractivity contribution in [2.24, 2.45) is 0 Å². The molecule has 2 aliphatic heterocycles. The van der Waals surface area contributed by atoms with Crippen LogP contribution >= 0.6 is 0 Å². The van der Waals surface area contributed by atoms with Crippen LogP contribution in [0.1, 0.15) is 31.2 Å². The lowest BCUT2D eigenvalue weighted by Gasteiger charge is -2.43. The molecule has 28 heavy (non-hydrogen) atoms. The van der Waals surface area contributed by atoms with Crippen molar-refractivity contribution in [1.29, 1.82) is 0 Å². The Morgan fingerprint density at radius 2 is 1.68 bits per heavy atom. The quantitative estimate of drug-likeness (QED) is 0.735. The van der Waals surface area contributed by atoms with Gasteiger partial charge in [0, 0.05) is 31.2 Å². The van der Waals surface area contributed by atoms with Gasteiger partial charge in [0.05, 0.1) is 31.9 Å². The SMILES string of the molecule is Cc1ccc(-c2ccccc2)c(NC(=O)O[C@H]2C[C@H]3CC[C@@H](C2)[N+]3(C)C)c1.[Br-]. The largest absolute Gasteiger partial charge is 1.00 e. The molecule has 0 aromatic heterocycles. The van der Waals surface area contributed by atoms with Crippen molar-refractivity contribution in [1.82, 2.24) is 0 Å². The van der Waals surface area contributed by atoms with E-state index in [-0.39, 0.29) is 29.2 Å². The third kappa shape index (κ3) is 4.11. The van der Waals surface area contributed by atoms with Crippen LogP contribution in [0.4, 0.5) is 10.5 Å². The molecule has 150 valence electrons. The van der Waals surface area contributed by atoms with Gasteiger partial charge in [-0.3, -0.25) is 5.32 Å². The van der Waals surface area contributed by atoms with E-state index < -0.39 is 0 Å². The van der Waals surface area contributed by atoms with Crippen LogP contribution in [0.15, 0.2) is 48.5 Å². The molecule has 1 N–H and O–H groups in total. The van der Waals surface area contributed by atoms with Gasteiger partial charge < -0.3 is 26.2 Å². The number of carbonyl (C=O) groups is 1. The normalized spacial score (nSPS) is 24.9. The Bertz CT molecular complexity index is 822. The van der Waals surface area contributed by atoms with Crippen molar-refractivity contribution in [3.05, 3.63) is 54.1 Å². The minimum Gasteiger partial charge on any atom is -1.00 e. The van der Waals surface area contributed by atoms with E-state index in [9.17, 15) is 4.79 Å². The highest BCUT2D eigenvalue weighted by Gasteiger charge is 2.49. The highest BCUT2D eigenvalue weighted by Crippen LogP contribution is 2.40. The van der Waals surface area contributed by atoms with Crippen molar-refractivity contribution >= 4 is 11.8 Å². The Morgan fingerprint density at radius 3 is 2.32 bits per heavy atom. The molecular weight excluding hydrogens is 416 g/mol. The first-order valence-corrected chi connectivity index (χ1v) is 9.90. The lowest BCUT2D eigenvalue weighted by molar-refractivity contribution is -0.931. The monoisotopic (exact) mass is 444 g/mol. The third-order valence-corrected chi connectivity index (χ3v) is 6.56. The number of nitrogens with zero attached hydrogens (tertiary/aromatic N) is 1. The number of hydrogen-bond acceptors (Lipinski definition) is 2. The van der Waals surface area contributed by atoms with Crippen LogP contribution in [0.25, 0.3) is 11.1 Å². The Morgan fingerprint density at radius 1 is 1.04 bits per heavy atom. The molecule has 0 aliphatic carbocycles. The molecule has 4 nitrogen and oxygen atoms in total. The van der Waals surface area contributed by atoms with E-state index in [4.69, 9.17) is 4.74 Å². The number of hydrogen-bond donors (Lipinski definition) is 1. The maximum atomic E-state index is 12.6. The number of aryl methyl sites for hydroxylation is 1. The zero-order valence-electron chi connectivity index (χ0n) is 16.8. The molecule has 2 heterocycles. The molecule has 0 spiro atoms. The Kier molecular flexibility index (Phi) is 6.15. The minimum atomic E-state index is -0.339. The lowest BCUT2D eigenvalue weighted by Crippen LogP contribution is -3.00. The standard InChI is InChI=1S/C23H28N2O2.BrH/c1-16-9-12-21(17-7-5-4-6-8-17)22(13-16)24-23(26)27-20-14-18-10-11-19(15-20)25(18,2)3;/h4-9,12-13,18-20H,10-11,14-15H2,1-3H3;1H/t18-,19+,20+;.